The highest BCUT2D eigenvalue weighted by molar-refractivity contribution is 6.30. The second-order valence-electron chi connectivity index (χ2n) is 5.77. The zero-order valence-corrected chi connectivity index (χ0v) is 15.2. The summed E-state index contributed by atoms with van der Waals surface area (Å²) in [6.45, 7) is -0.638. The minimum absolute atomic E-state index is 0.0885. The van der Waals surface area contributed by atoms with Gasteiger partial charge in [-0.25, -0.2) is 4.79 Å². The lowest BCUT2D eigenvalue weighted by Crippen LogP contribution is -2.25. The summed E-state index contributed by atoms with van der Waals surface area (Å²) < 4.78 is 10.2. The summed E-state index contributed by atoms with van der Waals surface area (Å²) in [5, 5.41) is 12.3. The van der Waals surface area contributed by atoms with Crippen molar-refractivity contribution in [3.8, 4) is 11.8 Å². The summed E-state index contributed by atoms with van der Waals surface area (Å²) >= 11 is 5.79. The molecule has 0 saturated carbocycles. The number of ether oxygens (including phenoxy) is 2. The highest BCUT2D eigenvalue weighted by atomic mass is 35.5. The summed E-state index contributed by atoms with van der Waals surface area (Å²) in [7, 11) is 0. The number of Topliss-reactive ketones (excluding diaryl/α,β-unsaturated/α-hetero) is 1. The third kappa shape index (κ3) is 4.55. The number of hydrogen-bond donors (Lipinski definition) is 1. The van der Waals surface area contributed by atoms with Crippen molar-refractivity contribution in [3.05, 3.63) is 64.2 Å². The average Bonchev–Trinajstić information content (AvgIpc) is 2.70. The molecule has 0 spiro atoms. The third-order valence-corrected chi connectivity index (χ3v) is 4.04. The molecule has 1 aliphatic heterocycles. The fraction of sp³-hybridized carbons (Fsp3) is 0.100. The molecule has 2 aromatic rings. The van der Waals surface area contributed by atoms with Crippen LogP contribution >= 0.6 is 11.6 Å². The van der Waals surface area contributed by atoms with Crippen molar-refractivity contribution >= 4 is 41.0 Å². The van der Waals surface area contributed by atoms with Gasteiger partial charge in [-0.2, -0.15) is 5.26 Å². The van der Waals surface area contributed by atoms with Crippen LogP contribution in [0.25, 0.3) is 6.08 Å². The Labute approximate surface area is 165 Å². The number of carbonyl (C=O) groups is 3. The van der Waals surface area contributed by atoms with Gasteiger partial charge in [-0.15, -0.1) is 0 Å². The number of nitrogens with one attached hydrogen (secondary N) is 1. The highest BCUT2D eigenvalue weighted by Gasteiger charge is 2.19. The Morgan fingerprint density at radius 2 is 2.00 bits per heavy atom. The molecule has 1 amide bonds. The summed E-state index contributed by atoms with van der Waals surface area (Å²) in [5.74, 6) is -1.28. The van der Waals surface area contributed by atoms with Gasteiger partial charge in [0.25, 0.3) is 5.91 Å². The third-order valence-electron chi connectivity index (χ3n) is 3.79. The van der Waals surface area contributed by atoms with Crippen LogP contribution in [0.15, 0.2) is 48.0 Å². The van der Waals surface area contributed by atoms with E-state index < -0.39 is 18.4 Å². The molecule has 0 aliphatic carbocycles. The van der Waals surface area contributed by atoms with Crippen molar-refractivity contribution in [3.63, 3.8) is 0 Å². The first-order chi connectivity index (χ1) is 13.5. The molecule has 0 aromatic heterocycles. The van der Waals surface area contributed by atoms with Crippen molar-refractivity contribution in [2.24, 2.45) is 0 Å². The predicted molar refractivity (Wildman–Crippen MR) is 101 cm³/mol. The zero-order chi connectivity index (χ0) is 20.1. The van der Waals surface area contributed by atoms with Gasteiger partial charge in [0, 0.05) is 10.6 Å². The van der Waals surface area contributed by atoms with Crippen molar-refractivity contribution in [2.45, 2.75) is 0 Å². The highest BCUT2D eigenvalue weighted by Crippen LogP contribution is 2.28. The molecule has 1 aliphatic rings. The van der Waals surface area contributed by atoms with Crippen LogP contribution in [0.2, 0.25) is 5.02 Å². The van der Waals surface area contributed by atoms with E-state index in [4.69, 9.17) is 26.3 Å². The minimum Gasteiger partial charge on any atom is -0.482 e. The molecule has 3 rings (SSSR count). The van der Waals surface area contributed by atoms with Crippen molar-refractivity contribution in [1.82, 2.24) is 0 Å². The van der Waals surface area contributed by atoms with Gasteiger partial charge in [-0.05, 0) is 42.0 Å². The molecule has 8 heteroatoms. The maximum Gasteiger partial charge on any atom is 0.349 e. The van der Waals surface area contributed by atoms with E-state index in [1.807, 2.05) is 0 Å². The van der Waals surface area contributed by atoms with E-state index in [1.165, 1.54) is 18.2 Å². The van der Waals surface area contributed by atoms with Crippen LogP contribution < -0.4 is 10.1 Å². The van der Waals surface area contributed by atoms with Gasteiger partial charge in [0.15, 0.2) is 19.0 Å². The van der Waals surface area contributed by atoms with Crippen LogP contribution in [0.1, 0.15) is 15.9 Å². The van der Waals surface area contributed by atoms with Gasteiger partial charge in [0.2, 0.25) is 0 Å². The van der Waals surface area contributed by atoms with Gasteiger partial charge >= 0.3 is 5.97 Å². The number of nitrogens with zero attached hydrogens (tertiary/aromatic N) is 1. The number of benzene rings is 2. The van der Waals surface area contributed by atoms with Crippen LogP contribution in [0, 0.1) is 11.3 Å². The molecule has 0 bridgehead atoms. The summed E-state index contributed by atoms with van der Waals surface area (Å²) in [6.07, 6.45) is 1.34. The number of rotatable bonds is 5. The summed E-state index contributed by atoms with van der Waals surface area (Å²) in [4.78, 5) is 35.7. The Balaban J connectivity index is 1.66. The number of amides is 1. The molecule has 7 nitrogen and oxygen atoms in total. The lowest BCUT2D eigenvalue weighted by atomic mass is 10.1. The lowest BCUT2D eigenvalue weighted by Gasteiger charge is -2.18. The van der Waals surface area contributed by atoms with Crippen LogP contribution in [0.5, 0.6) is 5.75 Å². The SMILES string of the molecule is N#C/C(=C\c1ccc(Cl)cc1)C(=O)OCC(=O)c1ccc2c(c1)NC(=O)CO2. The van der Waals surface area contributed by atoms with Gasteiger partial charge in [-0.1, -0.05) is 23.7 Å². The molecule has 0 unspecified atom stereocenters. The number of esters is 1. The van der Waals surface area contributed by atoms with Crippen LogP contribution in [-0.4, -0.2) is 30.9 Å². The number of carbonyl (C=O) groups excluding carboxylic acids is 3. The first-order valence-corrected chi connectivity index (χ1v) is 8.48. The van der Waals surface area contributed by atoms with Gasteiger partial charge in [0.05, 0.1) is 5.69 Å². The minimum atomic E-state index is -0.916. The topological polar surface area (TPSA) is 105 Å². The number of halogens is 1. The van der Waals surface area contributed by atoms with E-state index >= 15 is 0 Å². The molecular weight excluding hydrogens is 384 g/mol. The standard InChI is InChI=1S/C20H13ClN2O5/c21-15-4-1-12(2-5-15)7-14(9-22)20(26)28-10-17(24)13-3-6-18-16(8-13)23-19(25)11-27-18/h1-8H,10-11H2,(H,23,25)/b14-7+. The largest absolute Gasteiger partial charge is 0.482 e. The van der Waals surface area contributed by atoms with E-state index in [9.17, 15) is 14.4 Å². The molecule has 28 heavy (non-hydrogen) atoms. The van der Waals surface area contributed by atoms with E-state index in [1.54, 1.807) is 36.4 Å². The monoisotopic (exact) mass is 396 g/mol. The number of hydrogen-bond acceptors (Lipinski definition) is 6. The number of fused-ring (bicyclic) bond motifs is 1. The van der Waals surface area contributed by atoms with Crippen molar-refractivity contribution < 1.29 is 23.9 Å². The summed E-state index contributed by atoms with van der Waals surface area (Å²) in [6, 6.07) is 12.8. The van der Waals surface area contributed by atoms with E-state index in [0.29, 0.717) is 22.0 Å². The fourth-order valence-corrected chi connectivity index (χ4v) is 2.54. The van der Waals surface area contributed by atoms with Crippen molar-refractivity contribution in [1.29, 1.82) is 5.26 Å². The molecule has 140 valence electrons. The second-order valence-corrected chi connectivity index (χ2v) is 6.20. The van der Waals surface area contributed by atoms with Crippen LogP contribution in [0.3, 0.4) is 0 Å². The number of nitriles is 1. The zero-order valence-electron chi connectivity index (χ0n) is 14.4. The van der Waals surface area contributed by atoms with E-state index in [0.717, 1.165) is 0 Å². The number of anilines is 1. The Morgan fingerprint density at radius 1 is 1.25 bits per heavy atom. The molecule has 0 fully saturated rings. The smallest absolute Gasteiger partial charge is 0.349 e. The fourth-order valence-electron chi connectivity index (χ4n) is 2.41. The molecule has 1 N–H and O–H groups in total. The molecular formula is C20H13ClN2O5. The Kier molecular flexibility index (Phi) is 5.72. The van der Waals surface area contributed by atoms with Crippen molar-refractivity contribution in [2.75, 3.05) is 18.5 Å². The Morgan fingerprint density at radius 3 is 2.71 bits per heavy atom. The average molecular weight is 397 g/mol. The molecule has 1 heterocycles. The quantitative estimate of drug-likeness (QED) is 0.360. The van der Waals surface area contributed by atoms with E-state index in [2.05, 4.69) is 5.32 Å². The van der Waals surface area contributed by atoms with Gasteiger partial charge < -0.3 is 14.8 Å². The second kappa shape index (κ2) is 8.37. The normalized spacial score (nSPS) is 12.9. The maximum absolute atomic E-state index is 12.3. The number of ketones is 1. The predicted octanol–water partition coefficient (Wildman–Crippen LogP) is 3.00. The molecule has 2 aromatic carbocycles. The Hall–Kier alpha value is -3.63. The maximum atomic E-state index is 12.3. The molecule has 0 radical (unpaired) electrons. The van der Waals surface area contributed by atoms with Gasteiger partial charge in [-0.3, -0.25) is 9.59 Å². The van der Waals surface area contributed by atoms with Crippen LogP contribution in [0.4, 0.5) is 5.69 Å². The lowest BCUT2D eigenvalue weighted by molar-refractivity contribution is -0.137. The first-order valence-electron chi connectivity index (χ1n) is 8.10. The molecule has 0 saturated heterocycles. The van der Waals surface area contributed by atoms with Crippen LogP contribution in [-0.2, 0) is 14.3 Å². The first kappa shape index (κ1) is 19.1. The summed E-state index contributed by atoms with van der Waals surface area (Å²) in [5.41, 5.74) is 0.946. The van der Waals surface area contributed by atoms with Gasteiger partial charge in [0.1, 0.15) is 17.4 Å². The Bertz CT molecular complexity index is 1020. The molecule has 0 atom stereocenters. The van der Waals surface area contributed by atoms with E-state index in [-0.39, 0.29) is 23.7 Å².